The summed E-state index contributed by atoms with van der Waals surface area (Å²) < 4.78 is 15.4. The summed E-state index contributed by atoms with van der Waals surface area (Å²) in [7, 11) is 1.82. The zero-order valence-corrected chi connectivity index (χ0v) is 10.5. The van der Waals surface area contributed by atoms with E-state index in [0.29, 0.717) is 18.0 Å². The van der Waals surface area contributed by atoms with Crippen molar-refractivity contribution in [3.05, 3.63) is 60.2 Å². The Bertz CT molecular complexity index is 693. The molecule has 2 heterocycles. The van der Waals surface area contributed by atoms with Crippen molar-refractivity contribution in [3.63, 3.8) is 0 Å². The number of fused-ring (bicyclic) bond motifs is 1. The Hall–Kier alpha value is -2.43. The van der Waals surface area contributed by atoms with Crippen LogP contribution in [-0.2, 0) is 6.54 Å². The monoisotopic (exact) mass is 256 g/mol. The summed E-state index contributed by atoms with van der Waals surface area (Å²) >= 11 is 0. The molecule has 0 N–H and O–H groups in total. The zero-order valence-electron chi connectivity index (χ0n) is 10.5. The van der Waals surface area contributed by atoms with Crippen molar-refractivity contribution in [2.75, 3.05) is 11.9 Å². The second-order valence-electron chi connectivity index (χ2n) is 4.39. The van der Waals surface area contributed by atoms with E-state index in [9.17, 15) is 4.39 Å². The molecule has 0 saturated heterocycles. The number of hydrogen-bond acceptors (Lipinski definition) is 3. The highest BCUT2D eigenvalue weighted by Crippen LogP contribution is 2.18. The van der Waals surface area contributed by atoms with Gasteiger partial charge in [-0.2, -0.15) is 5.10 Å². The predicted molar refractivity (Wildman–Crippen MR) is 71.5 cm³/mol. The Morgan fingerprint density at radius 1 is 1.21 bits per heavy atom. The molecular formula is C14H13FN4. The normalized spacial score (nSPS) is 10.8. The highest BCUT2D eigenvalue weighted by molar-refractivity contribution is 5.48. The zero-order chi connectivity index (χ0) is 13.2. The third-order valence-electron chi connectivity index (χ3n) is 2.94. The molecule has 0 amide bonds. The van der Waals surface area contributed by atoms with Crippen molar-refractivity contribution in [1.29, 1.82) is 0 Å². The van der Waals surface area contributed by atoms with Gasteiger partial charge in [-0.15, -0.1) is 0 Å². The number of nitrogens with zero attached hydrogens (tertiary/aromatic N) is 4. The largest absolute Gasteiger partial charge is 0.353 e. The number of rotatable bonds is 3. The van der Waals surface area contributed by atoms with Gasteiger partial charge in [0, 0.05) is 19.7 Å². The van der Waals surface area contributed by atoms with Crippen LogP contribution in [-0.4, -0.2) is 21.6 Å². The van der Waals surface area contributed by atoms with Crippen LogP contribution in [0.2, 0.25) is 0 Å². The third kappa shape index (κ3) is 2.27. The van der Waals surface area contributed by atoms with Gasteiger partial charge < -0.3 is 4.90 Å². The molecule has 2 aromatic heterocycles. The summed E-state index contributed by atoms with van der Waals surface area (Å²) in [6.07, 6.45) is 2.95. The van der Waals surface area contributed by atoms with Gasteiger partial charge in [-0.3, -0.25) is 0 Å². The molecule has 0 bridgehead atoms. The van der Waals surface area contributed by atoms with Gasteiger partial charge >= 0.3 is 0 Å². The van der Waals surface area contributed by atoms with Crippen LogP contribution >= 0.6 is 0 Å². The molecule has 0 radical (unpaired) electrons. The van der Waals surface area contributed by atoms with E-state index in [4.69, 9.17) is 0 Å². The third-order valence-corrected chi connectivity index (χ3v) is 2.94. The van der Waals surface area contributed by atoms with E-state index in [1.165, 1.54) is 10.7 Å². The minimum Gasteiger partial charge on any atom is -0.353 e. The van der Waals surface area contributed by atoms with E-state index in [1.807, 2.05) is 37.4 Å². The first-order valence-electron chi connectivity index (χ1n) is 5.99. The van der Waals surface area contributed by atoms with Gasteiger partial charge in [0.1, 0.15) is 0 Å². The molecule has 96 valence electrons. The van der Waals surface area contributed by atoms with E-state index >= 15 is 0 Å². The Morgan fingerprint density at radius 2 is 2.00 bits per heavy atom. The molecule has 0 aliphatic heterocycles. The molecule has 1 aromatic carbocycles. The lowest BCUT2D eigenvalue weighted by Gasteiger charge is -2.18. The van der Waals surface area contributed by atoms with Crippen molar-refractivity contribution >= 4 is 11.5 Å². The van der Waals surface area contributed by atoms with Gasteiger partial charge in [0.15, 0.2) is 17.3 Å². The van der Waals surface area contributed by atoms with Crippen LogP contribution in [0.5, 0.6) is 0 Å². The van der Waals surface area contributed by atoms with Crippen LogP contribution in [0.4, 0.5) is 10.2 Å². The summed E-state index contributed by atoms with van der Waals surface area (Å²) in [4.78, 5) is 6.07. The molecule has 3 rings (SSSR count). The minimum absolute atomic E-state index is 0.330. The van der Waals surface area contributed by atoms with E-state index < -0.39 is 0 Å². The summed E-state index contributed by atoms with van der Waals surface area (Å²) in [5.41, 5.74) is 1.75. The van der Waals surface area contributed by atoms with Gasteiger partial charge in [-0.05, 0) is 5.56 Å². The van der Waals surface area contributed by atoms with Gasteiger partial charge in [-0.1, -0.05) is 30.3 Å². The quantitative estimate of drug-likeness (QED) is 0.722. The van der Waals surface area contributed by atoms with Gasteiger partial charge in [0.25, 0.3) is 0 Å². The first-order valence-corrected chi connectivity index (χ1v) is 5.99. The Balaban J connectivity index is 1.92. The molecule has 4 nitrogen and oxygen atoms in total. The summed E-state index contributed by atoms with van der Waals surface area (Å²) in [5, 5.41) is 3.96. The van der Waals surface area contributed by atoms with E-state index in [-0.39, 0.29) is 5.82 Å². The fraction of sp³-hybridized carbons (Fsp3) is 0.143. The fourth-order valence-corrected chi connectivity index (χ4v) is 2.02. The molecule has 0 fully saturated rings. The van der Waals surface area contributed by atoms with Crippen LogP contribution in [0.25, 0.3) is 5.65 Å². The highest BCUT2D eigenvalue weighted by Gasteiger charge is 2.12. The smallest absolute Gasteiger partial charge is 0.184 e. The minimum atomic E-state index is -0.380. The standard InChI is InChI=1S/C14H13FN4/c1-18(9-11-5-3-2-4-6-11)14-12(15)10-19-13(17-14)7-8-16-19/h2-8,10H,9H2,1H3. The lowest BCUT2D eigenvalue weighted by Crippen LogP contribution is -2.19. The number of aromatic nitrogens is 3. The number of halogens is 1. The molecule has 0 aliphatic carbocycles. The molecule has 0 saturated carbocycles. The lowest BCUT2D eigenvalue weighted by molar-refractivity contribution is 0.601. The molecule has 19 heavy (non-hydrogen) atoms. The van der Waals surface area contributed by atoms with E-state index in [2.05, 4.69) is 10.1 Å². The summed E-state index contributed by atoms with van der Waals surface area (Å²) in [6, 6.07) is 11.7. The van der Waals surface area contributed by atoms with Crippen LogP contribution < -0.4 is 4.90 Å². The van der Waals surface area contributed by atoms with Crippen LogP contribution in [0, 0.1) is 5.82 Å². The van der Waals surface area contributed by atoms with Crippen LogP contribution in [0.1, 0.15) is 5.56 Å². The first kappa shape index (κ1) is 11.6. The maximum atomic E-state index is 14.0. The molecule has 0 atom stereocenters. The molecule has 5 heteroatoms. The first-order chi connectivity index (χ1) is 9.24. The Morgan fingerprint density at radius 3 is 2.79 bits per heavy atom. The Kier molecular flexibility index (Phi) is 2.87. The van der Waals surface area contributed by atoms with Crippen LogP contribution in [0.15, 0.2) is 48.8 Å². The molecule has 0 unspecified atom stereocenters. The number of hydrogen-bond donors (Lipinski definition) is 0. The number of benzene rings is 1. The number of anilines is 1. The van der Waals surface area contributed by atoms with E-state index in [0.717, 1.165) is 5.56 Å². The average Bonchev–Trinajstić information content (AvgIpc) is 2.86. The molecular weight excluding hydrogens is 243 g/mol. The molecule has 0 aliphatic rings. The summed E-state index contributed by atoms with van der Waals surface area (Å²) in [6.45, 7) is 0.606. The SMILES string of the molecule is CN(Cc1ccccc1)c1nc2ccnn2cc1F. The average molecular weight is 256 g/mol. The fourth-order valence-electron chi connectivity index (χ4n) is 2.02. The second kappa shape index (κ2) is 4.68. The van der Waals surface area contributed by atoms with Crippen molar-refractivity contribution in [1.82, 2.24) is 14.6 Å². The highest BCUT2D eigenvalue weighted by atomic mass is 19.1. The Labute approximate surface area is 110 Å². The lowest BCUT2D eigenvalue weighted by atomic mass is 10.2. The molecule has 3 aromatic rings. The topological polar surface area (TPSA) is 33.4 Å². The van der Waals surface area contributed by atoms with Crippen molar-refractivity contribution in [2.45, 2.75) is 6.54 Å². The van der Waals surface area contributed by atoms with Gasteiger partial charge in [0.2, 0.25) is 0 Å². The van der Waals surface area contributed by atoms with Crippen LogP contribution in [0.3, 0.4) is 0 Å². The van der Waals surface area contributed by atoms with Crippen molar-refractivity contribution < 1.29 is 4.39 Å². The predicted octanol–water partition coefficient (Wildman–Crippen LogP) is 2.50. The van der Waals surface area contributed by atoms with Gasteiger partial charge in [0.05, 0.1) is 12.4 Å². The van der Waals surface area contributed by atoms with E-state index in [1.54, 1.807) is 17.2 Å². The summed E-state index contributed by atoms with van der Waals surface area (Å²) in [5.74, 6) is -0.0496. The van der Waals surface area contributed by atoms with Crippen molar-refractivity contribution in [3.8, 4) is 0 Å². The van der Waals surface area contributed by atoms with Gasteiger partial charge in [-0.25, -0.2) is 13.9 Å². The van der Waals surface area contributed by atoms with Crippen molar-refractivity contribution in [2.24, 2.45) is 0 Å². The maximum absolute atomic E-state index is 14.0. The molecule has 0 spiro atoms. The maximum Gasteiger partial charge on any atom is 0.184 e. The second-order valence-corrected chi connectivity index (χ2v) is 4.39.